The molecule has 1 aliphatic heterocycles. The second-order valence-electron chi connectivity index (χ2n) is 8.69. The summed E-state index contributed by atoms with van der Waals surface area (Å²) in [5.74, 6) is 0. The molecule has 7 rings (SSSR count). The molecule has 5 aromatic carbocycles. The van der Waals surface area contributed by atoms with Crippen molar-refractivity contribution in [2.45, 2.75) is 5.41 Å². The molecule has 0 saturated heterocycles. The molecule has 0 bridgehead atoms. The molecule has 2 aliphatic rings. The average molecular weight is 486 g/mol. The highest BCUT2D eigenvalue weighted by Gasteiger charge is 2.51. The molecule has 0 unspecified atom stereocenters. The quantitative estimate of drug-likeness (QED) is 0.225. The number of hydrogen-bond donors (Lipinski definition) is 0. The normalized spacial score (nSPS) is 14.4. The average Bonchev–Trinajstić information content (AvgIpc) is 3.15. The van der Waals surface area contributed by atoms with E-state index in [1.54, 1.807) is 0 Å². The van der Waals surface area contributed by atoms with Crippen LogP contribution in [0.4, 0.5) is 17.1 Å². The van der Waals surface area contributed by atoms with Crippen LogP contribution in [-0.2, 0) is 5.41 Å². The van der Waals surface area contributed by atoms with Crippen molar-refractivity contribution in [3.63, 3.8) is 0 Å². The predicted molar refractivity (Wildman–Crippen MR) is 140 cm³/mol. The lowest BCUT2D eigenvalue weighted by Crippen LogP contribution is -2.36. The fourth-order valence-electron chi connectivity index (χ4n) is 5.93. The van der Waals surface area contributed by atoms with Gasteiger partial charge in [0.2, 0.25) is 0 Å². The summed E-state index contributed by atoms with van der Waals surface area (Å²) in [5.41, 5.74) is 11.2. The van der Waals surface area contributed by atoms with Gasteiger partial charge in [0.1, 0.15) is 0 Å². The van der Waals surface area contributed by atoms with Crippen LogP contribution < -0.4 is 4.90 Å². The molecular weight excluding hydrogens is 466 g/mol. The zero-order chi connectivity index (χ0) is 22.0. The number of anilines is 3. The Hall–Kier alpha value is -3.62. The van der Waals surface area contributed by atoms with Crippen molar-refractivity contribution in [1.82, 2.24) is 0 Å². The van der Waals surface area contributed by atoms with Gasteiger partial charge < -0.3 is 4.90 Å². The molecular formula is C31H20BrN. The van der Waals surface area contributed by atoms with E-state index in [0.717, 1.165) is 4.47 Å². The molecule has 156 valence electrons. The van der Waals surface area contributed by atoms with Crippen molar-refractivity contribution in [3.8, 4) is 11.1 Å². The second-order valence-corrected chi connectivity index (χ2v) is 9.61. The van der Waals surface area contributed by atoms with Crippen LogP contribution in [0.15, 0.2) is 126 Å². The maximum absolute atomic E-state index is 3.78. The van der Waals surface area contributed by atoms with Gasteiger partial charge in [0, 0.05) is 10.2 Å². The number of fused-ring (bicyclic) bond motifs is 9. The molecule has 0 saturated carbocycles. The first-order chi connectivity index (χ1) is 16.3. The summed E-state index contributed by atoms with van der Waals surface area (Å²) in [5, 5.41) is 0. The molecule has 0 atom stereocenters. The number of nitrogens with zero attached hydrogens (tertiary/aromatic N) is 1. The smallest absolute Gasteiger partial charge is 0.0754 e. The number of hydrogen-bond acceptors (Lipinski definition) is 1. The lowest BCUT2D eigenvalue weighted by atomic mass is 9.64. The Balaban J connectivity index is 1.68. The molecule has 1 heterocycles. The maximum atomic E-state index is 3.78. The van der Waals surface area contributed by atoms with Gasteiger partial charge in [-0.1, -0.05) is 101 Å². The van der Waals surface area contributed by atoms with E-state index in [9.17, 15) is 0 Å². The number of benzene rings is 5. The standard InChI is InChI=1S/C31H20BrN/c32-21-18-19-24-23-12-4-5-13-25(23)31(28(24)20-21)26-14-6-8-16-29(26)33(22-10-2-1-3-11-22)30-17-9-7-15-27(30)31/h1-20H. The molecule has 0 radical (unpaired) electrons. The van der Waals surface area contributed by atoms with Crippen LogP contribution in [0, 0.1) is 0 Å². The van der Waals surface area contributed by atoms with Crippen LogP contribution in [0.25, 0.3) is 11.1 Å². The Kier molecular flexibility index (Phi) is 3.97. The van der Waals surface area contributed by atoms with Crippen LogP contribution >= 0.6 is 15.9 Å². The van der Waals surface area contributed by atoms with E-state index in [1.165, 1.54) is 50.4 Å². The fourth-order valence-corrected chi connectivity index (χ4v) is 6.29. The highest BCUT2D eigenvalue weighted by Crippen LogP contribution is 2.63. The van der Waals surface area contributed by atoms with Gasteiger partial charge >= 0.3 is 0 Å². The van der Waals surface area contributed by atoms with E-state index in [1.807, 2.05) is 0 Å². The largest absolute Gasteiger partial charge is 0.310 e. The molecule has 33 heavy (non-hydrogen) atoms. The first-order valence-corrected chi connectivity index (χ1v) is 12.0. The minimum atomic E-state index is -0.367. The van der Waals surface area contributed by atoms with Gasteiger partial charge in [-0.15, -0.1) is 0 Å². The first-order valence-electron chi connectivity index (χ1n) is 11.2. The topological polar surface area (TPSA) is 3.24 Å². The van der Waals surface area contributed by atoms with Gasteiger partial charge in [0.15, 0.2) is 0 Å². The van der Waals surface area contributed by atoms with Crippen LogP contribution in [0.1, 0.15) is 22.3 Å². The van der Waals surface area contributed by atoms with E-state index in [4.69, 9.17) is 0 Å². The van der Waals surface area contributed by atoms with Gasteiger partial charge in [0.25, 0.3) is 0 Å². The molecule has 0 N–H and O–H groups in total. The Morgan fingerprint density at radius 1 is 0.485 bits per heavy atom. The summed E-state index contributed by atoms with van der Waals surface area (Å²) >= 11 is 3.78. The van der Waals surface area contributed by atoms with Gasteiger partial charge in [-0.2, -0.15) is 0 Å². The van der Waals surface area contributed by atoms with Gasteiger partial charge in [-0.3, -0.25) is 0 Å². The monoisotopic (exact) mass is 485 g/mol. The fraction of sp³-hybridized carbons (Fsp3) is 0.0323. The third kappa shape index (κ3) is 2.42. The molecule has 0 amide bonds. The van der Waals surface area contributed by atoms with Crippen LogP contribution in [0.5, 0.6) is 0 Å². The summed E-state index contributed by atoms with van der Waals surface area (Å²) in [6.45, 7) is 0. The molecule has 0 aromatic heterocycles. The van der Waals surface area contributed by atoms with E-state index < -0.39 is 0 Å². The molecule has 5 aromatic rings. The SMILES string of the molecule is Brc1ccc2c(c1)C1(c3ccccc3-2)c2ccccc2N(c2ccccc2)c2ccccc21. The Bertz CT molecular complexity index is 1490. The van der Waals surface area contributed by atoms with Crippen molar-refractivity contribution >= 4 is 33.0 Å². The van der Waals surface area contributed by atoms with E-state index in [0.29, 0.717) is 0 Å². The lowest BCUT2D eigenvalue weighted by molar-refractivity contribution is 0.752. The third-order valence-corrected chi connectivity index (χ3v) is 7.61. The number of halogens is 1. The van der Waals surface area contributed by atoms with Crippen LogP contribution in [0.3, 0.4) is 0 Å². The number of para-hydroxylation sites is 3. The summed E-state index contributed by atoms with van der Waals surface area (Å²) in [6, 6.07) is 44.2. The highest BCUT2D eigenvalue weighted by molar-refractivity contribution is 9.10. The van der Waals surface area contributed by atoms with Crippen molar-refractivity contribution in [3.05, 3.63) is 148 Å². The van der Waals surface area contributed by atoms with Crippen molar-refractivity contribution < 1.29 is 0 Å². The lowest BCUT2D eigenvalue weighted by Gasteiger charge is -2.45. The van der Waals surface area contributed by atoms with E-state index in [-0.39, 0.29) is 5.41 Å². The molecule has 1 nitrogen and oxygen atoms in total. The van der Waals surface area contributed by atoms with Crippen molar-refractivity contribution in [1.29, 1.82) is 0 Å². The first kappa shape index (κ1) is 18.9. The molecule has 1 aliphatic carbocycles. The zero-order valence-corrected chi connectivity index (χ0v) is 19.5. The van der Waals surface area contributed by atoms with Gasteiger partial charge in [0.05, 0.1) is 16.8 Å². The van der Waals surface area contributed by atoms with Gasteiger partial charge in [-0.05, 0) is 69.8 Å². The van der Waals surface area contributed by atoms with Crippen LogP contribution in [0.2, 0.25) is 0 Å². The summed E-state index contributed by atoms with van der Waals surface area (Å²) in [7, 11) is 0. The molecule has 1 spiro atoms. The second kappa shape index (κ2) is 6.94. The summed E-state index contributed by atoms with van der Waals surface area (Å²) in [4.78, 5) is 2.41. The Morgan fingerprint density at radius 2 is 1.03 bits per heavy atom. The minimum Gasteiger partial charge on any atom is -0.310 e. The predicted octanol–water partition coefficient (Wildman–Crippen LogP) is 8.60. The zero-order valence-electron chi connectivity index (χ0n) is 17.9. The highest BCUT2D eigenvalue weighted by atomic mass is 79.9. The summed E-state index contributed by atoms with van der Waals surface area (Å²) < 4.78 is 1.11. The maximum Gasteiger partial charge on any atom is 0.0754 e. The molecule has 0 fully saturated rings. The Labute approximate surface area is 202 Å². The van der Waals surface area contributed by atoms with Crippen molar-refractivity contribution in [2.24, 2.45) is 0 Å². The Morgan fingerprint density at radius 3 is 1.73 bits per heavy atom. The van der Waals surface area contributed by atoms with Gasteiger partial charge in [-0.25, -0.2) is 0 Å². The van der Waals surface area contributed by atoms with Crippen LogP contribution in [-0.4, -0.2) is 0 Å². The third-order valence-electron chi connectivity index (χ3n) is 7.12. The number of rotatable bonds is 1. The van der Waals surface area contributed by atoms with E-state index >= 15 is 0 Å². The summed E-state index contributed by atoms with van der Waals surface area (Å²) in [6.07, 6.45) is 0. The molecule has 2 heteroatoms. The van der Waals surface area contributed by atoms with E-state index in [2.05, 4.69) is 142 Å². The minimum absolute atomic E-state index is 0.367. The van der Waals surface area contributed by atoms with Crippen molar-refractivity contribution in [2.75, 3.05) is 4.90 Å².